The molecular formula is C9H16N2S. The molecule has 0 spiro atoms. The highest BCUT2D eigenvalue weighted by molar-refractivity contribution is 7.11. The molecule has 0 amide bonds. The number of thiazole rings is 1. The molecule has 0 aliphatic rings. The Balaban J connectivity index is 2.74. The van der Waals surface area contributed by atoms with Gasteiger partial charge in [0.25, 0.3) is 0 Å². The maximum atomic E-state index is 4.51. The molecule has 0 saturated heterocycles. The van der Waals surface area contributed by atoms with Crippen LogP contribution in [0.4, 0.5) is 0 Å². The maximum absolute atomic E-state index is 4.51. The molecule has 0 radical (unpaired) electrons. The lowest BCUT2D eigenvalue weighted by Gasteiger charge is -2.05. The van der Waals surface area contributed by atoms with Crippen molar-refractivity contribution in [2.75, 3.05) is 13.6 Å². The van der Waals surface area contributed by atoms with E-state index in [1.165, 1.54) is 15.6 Å². The quantitative estimate of drug-likeness (QED) is 0.778. The van der Waals surface area contributed by atoms with Gasteiger partial charge in [-0.2, -0.15) is 0 Å². The van der Waals surface area contributed by atoms with Crippen molar-refractivity contribution in [3.63, 3.8) is 0 Å². The summed E-state index contributed by atoms with van der Waals surface area (Å²) in [6.07, 6.45) is 0. The third-order valence-corrected chi connectivity index (χ3v) is 3.28. The van der Waals surface area contributed by atoms with E-state index in [-0.39, 0.29) is 0 Å². The van der Waals surface area contributed by atoms with Gasteiger partial charge in [-0.05, 0) is 20.9 Å². The topological polar surface area (TPSA) is 24.9 Å². The summed E-state index contributed by atoms with van der Waals surface area (Å²) in [5.74, 6) is 0.535. The number of rotatable bonds is 3. The second-order valence-corrected chi connectivity index (χ2v) is 4.39. The van der Waals surface area contributed by atoms with E-state index in [1.54, 1.807) is 0 Å². The van der Waals surface area contributed by atoms with E-state index in [9.17, 15) is 0 Å². The zero-order chi connectivity index (χ0) is 9.14. The minimum absolute atomic E-state index is 0.535. The van der Waals surface area contributed by atoms with Crippen molar-refractivity contribution in [2.24, 2.45) is 0 Å². The molecule has 1 rings (SSSR count). The van der Waals surface area contributed by atoms with Crippen LogP contribution in [-0.4, -0.2) is 18.6 Å². The van der Waals surface area contributed by atoms with Gasteiger partial charge in [0.05, 0.1) is 10.7 Å². The molecule has 0 fully saturated rings. The van der Waals surface area contributed by atoms with Crippen molar-refractivity contribution >= 4 is 11.3 Å². The molecule has 0 aliphatic heterocycles. The molecule has 0 aromatic carbocycles. The summed E-state index contributed by atoms with van der Waals surface area (Å²) in [5.41, 5.74) is 1.18. The Hall–Kier alpha value is -0.410. The van der Waals surface area contributed by atoms with E-state index in [0.717, 1.165) is 6.54 Å². The van der Waals surface area contributed by atoms with Crippen molar-refractivity contribution in [2.45, 2.75) is 26.7 Å². The van der Waals surface area contributed by atoms with Gasteiger partial charge in [-0.1, -0.05) is 6.92 Å². The van der Waals surface area contributed by atoms with Gasteiger partial charge in [0, 0.05) is 17.3 Å². The van der Waals surface area contributed by atoms with Crippen LogP contribution in [0.5, 0.6) is 0 Å². The monoisotopic (exact) mass is 184 g/mol. The van der Waals surface area contributed by atoms with E-state index in [1.807, 2.05) is 18.4 Å². The summed E-state index contributed by atoms with van der Waals surface area (Å²) in [5, 5.41) is 4.41. The molecule has 0 bridgehead atoms. The first-order valence-electron chi connectivity index (χ1n) is 4.23. The van der Waals surface area contributed by atoms with Gasteiger partial charge < -0.3 is 5.32 Å². The van der Waals surface area contributed by atoms with Crippen LogP contribution in [-0.2, 0) is 0 Å². The highest BCUT2D eigenvalue weighted by Crippen LogP contribution is 2.23. The number of nitrogens with one attached hydrogen (secondary N) is 1. The first kappa shape index (κ1) is 9.68. The number of aromatic nitrogens is 1. The fraction of sp³-hybridized carbons (Fsp3) is 0.667. The van der Waals surface area contributed by atoms with E-state index in [0.29, 0.717) is 5.92 Å². The molecule has 0 aliphatic carbocycles. The van der Waals surface area contributed by atoms with Crippen LogP contribution >= 0.6 is 11.3 Å². The Bertz CT molecular complexity index is 236. The second kappa shape index (κ2) is 4.01. The molecular weight excluding hydrogens is 168 g/mol. The van der Waals surface area contributed by atoms with Crippen LogP contribution < -0.4 is 5.32 Å². The van der Waals surface area contributed by atoms with Gasteiger partial charge >= 0.3 is 0 Å². The lowest BCUT2D eigenvalue weighted by molar-refractivity contribution is 0.672. The third-order valence-electron chi connectivity index (χ3n) is 1.98. The molecule has 2 nitrogen and oxygen atoms in total. The van der Waals surface area contributed by atoms with Crippen molar-refractivity contribution in [1.82, 2.24) is 10.3 Å². The Morgan fingerprint density at radius 2 is 2.17 bits per heavy atom. The van der Waals surface area contributed by atoms with Crippen molar-refractivity contribution in [1.29, 1.82) is 0 Å². The van der Waals surface area contributed by atoms with Crippen LogP contribution in [0.2, 0.25) is 0 Å². The summed E-state index contributed by atoms with van der Waals surface area (Å²) in [6, 6.07) is 0. The predicted octanol–water partition coefficient (Wildman–Crippen LogP) is 2.08. The lowest BCUT2D eigenvalue weighted by atomic mass is 10.2. The fourth-order valence-corrected chi connectivity index (χ4v) is 2.08. The summed E-state index contributed by atoms with van der Waals surface area (Å²) in [4.78, 5) is 5.85. The zero-order valence-corrected chi connectivity index (χ0v) is 8.96. The standard InChI is InChI=1S/C9H16N2S/c1-6(5-10-4)9-11-7(2)8(3)12-9/h6,10H,5H2,1-4H3. The fourth-order valence-electron chi connectivity index (χ4n) is 1.10. The SMILES string of the molecule is CNCC(C)c1nc(C)c(C)s1. The third kappa shape index (κ3) is 2.05. The average molecular weight is 184 g/mol. The molecule has 0 saturated carbocycles. The summed E-state index contributed by atoms with van der Waals surface area (Å²) >= 11 is 1.81. The van der Waals surface area contributed by atoms with Crippen molar-refractivity contribution < 1.29 is 0 Å². The van der Waals surface area contributed by atoms with Gasteiger partial charge in [-0.25, -0.2) is 4.98 Å². The average Bonchev–Trinajstić information content (AvgIpc) is 2.33. The summed E-state index contributed by atoms with van der Waals surface area (Å²) in [6.45, 7) is 7.41. The normalized spacial score (nSPS) is 13.3. The first-order chi connectivity index (χ1) is 5.65. The maximum Gasteiger partial charge on any atom is 0.0971 e. The van der Waals surface area contributed by atoms with E-state index >= 15 is 0 Å². The smallest absolute Gasteiger partial charge is 0.0971 e. The molecule has 12 heavy (non-hydrogen) atoms. The van der Waals surface area contributed by atoms with E-state index in [4.69, 9.17) is 0 Å². The Morgan fingerprint density at radius 1 is 1.50 bits per heavy atom. The molecule has 1 aromatic heterocycles. The Labute approximate surface area is 78.0 Å². The van der Waals surface area contributed by atoms with Crippen LogP contribution in [0, 0.1) is 13.8 Å². The van der Waals surface area contributed by atoms with Gasteiger partial charge in [-0.3, -0.25) is 0 Å². The minimum Gasteiger partial charge on any atom is -0.319 e. The number of hydrogen-bond acceptors (Lipinski definition) is 3. The van der Waals surface area contributed by atoms with Gasteiger partial charge in [0.1, 0.15) is 0 Å². The summed E-state index contributed by atoms with van der Waals surface area (Å²) in [7, 11) is 1.98. The number of hydrogen-bond donors (Lipinski definition) is 1. The molecule has 1 heterocycles. The Kier molecular flexibility index (Phi) is 3.23. The molecule has 3 heteroatoms. The number of aryl methyl sites for hydroxylation is 2. The number of likely N-dealkylation sites (N-methyl/N-ethyl adjacent to an activating group) is 1. The first-order valence-corrected chi connectivity index (χ1v) is 5.05. The minimum atomic E-state index is 0.535. The Morgan fingerprint density at radius 3 is 2.58 bits per heavy atom. The highest BCUT2D eigenvalue weighted by atomic mass is 32.1. The largest absolute Gasteiger partial charge is 0.319 e. The van der Waals surface area contributed by atoms with Crippen molar-refractivity contribution in [3.05, 3.63) is 15.6 Å². The molecule has 1 unspecified atom stereocenters. The van der Waals surface area contributed by atoms with Gasteiger partial charge in [0.2, 0.25) is 0 Å². The van der Waals surface area contributed by atoms with E-state index in [2.05, 4.69) is 31.1 Å². The molecule has 1 N–H and O–H groups in total. The summed E-state index contributed by atoms with van der Waals surface area (Å²) < 4.78 is 0. The lowest BCUT2D eigenvalue weighted by Crippen LogP contribution is -2.14. The predicted molar refractivity (Wildman–Crippen MR) is 53.9 cm³/mol. The van der Waals surface area contributed by atoms with Crippen LogP contribution in [0.1, 0.15) is 28.4 Å². The molecule has 68 valence electrons. The molecule has 1 aromatic rings. The van der Waals surface area contributed by atoms with Crippen LogP contribution in [0.3, 0.4) is 0 Å². The zero-order valence-electron chi connectivity index (χ0n) is 8.14. The van der Waals surface area contributed by atoms with Gasteiger partial charge in [-0.15, -0.1) is 11.3 Å². The second-order valence-electron chi connectivity index (χ2n) is 3.15. The van der Waals surface area contributed by atoms with E-state index < -0.39 is 0 Å². The molecule has 1 atom stereocenters. The van der Waals surface area contributed by atoms with Gasteiger partial charge in [0.15, 0.2) is 0 Å². The highest BCUT2D eigenvalue weighted by Gasteiger charge is 2.10. The van der Waals surface area contributed by atoms with Crippen LogP contribution in [0.15, 0.2) is 0 Å². The van der Waals surface area contributed by atoms with Crippen LogP contribution in [0.25, 0.3) is 0 Å². The number of nitrogens with zero attached hydrogens (tertiary/aromatic N) is 1. The van der Waals surface area contributed by atoms with Crippen molar-refractivity contribution in [3.8, 4) is 0 Å².